The number of anilines is 1. The highest BCUT2D eigenvalue weighted by molar-refractivity contribution is 7.52. The lowest BCUT2D eigenvalue weighted by molar-refractivity contribution is -0.146. The molecule has 0 spiro atoms. The third kappa shape index (κ3) is 6.41. The minimum absolute atomic E-state index is 0.0403. The zero-order chi connectivity index (χ0) is 29.1. The van der Waals surface area contributed by atoms with Gasteiger partial charge in [-0.1, -0.05) is 36.4 Å². The van der Waals surface area contributed by atoms with Gasteiger partial charge in [0, 0.05) is 6.20 Å². The lowest BCUT2D eigenvalue weighted by Gasteiger charge is -2.30. The van der Waals surface area contributed by atoms with Crippen LogP contribution < -0.4 is 21.0 Å². The Bertz CT molecular complexity index is 1500. The van der Waals surface area contributed by atoms with Crippen LogP contribution in [-0.4, -0.2) is 62.8 Å². The average molecular weight is 575 g/mol. The third-order valence-corrected chi connectivity index (χ3v) is 7.58. The number of hydrogen-bond donors (Lipinski definition) is 4. The Morgan fingerprint density at radius 2 is 2.00 bits per heavy atom. The van der Waals surface area contributed by atoms with Crippen molar-refractivity contribution in [3.05, 3.63) is 77.9 Å². The van der Waals surface area contributed by atoms with E-state index in [9.17, 15) is 24.4 Å². The highest BCUT2D eigenvalue weighted by Crippen LogP contribution is 2.47. The molecule has 0 saturated carbocycles. The van der Waals surface area contributed by atoms with Crippen molar-refractivity contribution < 1.29 is 38.1 Å². The predicted octanol–water partition coefficient (Wildman–Crippen LogP) is 1.90. The molecule has 40 heavy (non-hydrogen) atoms. The molecule has 0 radical (unpaired) electrons. The molecule has 4 rings (SSSR count). The summed E-state index contributed by atoms with van der Waals surface area (Å²) < 4.78 is 37.1. The van der Waals surface area contributed by atoms with Crippen molar-refractivity contribution in [1.82, 2.24) is 14.6 Å². The van der Waals surface area contributed by atoms with E-state index in [1.54, 1.807) is 32.0 Å². The second-order valence-electron chi connectivity index (χ2n) is 9.39. The van der Waals surface area contributed by atoms with Gasteiger partial charge in [-0.05, 0) is 42.8 Å². The van der Waals surface area contributed by atoms with Gasteiger partial charge in [-0.3, -0.25) is 13.9 Å². The fourth-order valence-electron chi connectivity index (χ4n) is 4.12. The van der Waals surface area contributed by atoms with Crippen LogP contribution in [0, 0.1) is 0 Å². The molecular formula is C26H31N4O9P. The Labute approximate surface area is 229 Å². The van der Waals surface area contributed by atoms with Crippen LogP contribution in [0.3, 0.4) is 0 Å². The van der Waals surface area contributed by atoms with Crippen LogP contribution in [-0.2, 0) is 23.4 Å². The summed E-state index contributed by atoms with van der Waals surface area (Å²) in [5.74, 6) is -0.576. The Morgan fingerprint density at radius 3 is 2.67 bits per heavy atom. The van der Waals surface area contributed by atoms with Gasteiger partial charge in [-0.25, -0.2) is 14.4 Å². The third-order valence-electron chi connectivity index (χ3n) is 6.12. The summed E-state index contributed by atoms with van der Waals surface area (Å²) in [4.78, 5) is 28.1. The number of aliphatic hydroxyl groups is 2. The number of aromatic nitrogens is 2. The number of hydrogen-bond acceptors (Lipinski definition) is 11. The Kier molecular flexibility index (Phi) is 8.74. The van der Waals surface area contributed by atoms with Crippen molar-refractivity contribution in [3.63, 3.8) is 0 Å². The quantitative estimate of drug-likeness (QED) is 0.148. The first-order valence-electron chi connectivity index (χ1n) is 12.3. The molecule has 1 fully saturated rings. The first-order valence-corrected chi connectivity index (χ1v) is 13.9. The zero-order valence-electron chi connectivity index (χ0n) is 21.9. The number of carbonyl (C=O) groups excluding carboxylic acids is 1. The van der Waals surface area contributed by atoms with Crippen LogP contribution >= 0.6 is 7.75 Å². The van der Waals surface area contributed by atoms with Crippen LogP contribution in [0.2, 0.25) is 0 Å². The number of nitrogen functional groups attached to an aromatic ring is 1. The summed E-state index contributed by atoms with van der Waals surface area (Å²) >= 11 is 0. The van der Waals surface area contributed by atoms with E-state index in [1.807, 2.05) is 24.3 Å². The van der Waals surface area contributed by atoms with Gasteiger partial charge in [0.1, 0.15) is 35.9 Å². The highest BCUT2D eigenvalue weighted by Gasteiger charge is 2.54. The lowest BCUT2D eigenvalue weighted by Crippen LogP contribution is -2.45. The van der Waals surface area contributed by atoms with Crippen LogP contribution in [0.1, 0.15) is 20.1 Å². The number of nitrogens with one attached hydrogen (secondary N) is 1. The molecule has 0 aliphatic carbocycles. The summed E-state index contributed by atoms with van der Waals surface area (Å²) in [7, 11) is -4.35. The Balaban J connectivity index is 1.59. The maximum Gasteiger partial charge on any atom is 0.459 e. The van der Waals surface area contributed by atoms with E-state index in [4.69, 9.17) is 24.3 Å². The number of nitrogens with zero attached hydrogens (tertiary/aromatic N) is 2. The molecule has 13 nitrogen and oxygen atoms in total. The fraction of sp³-hybridized carbons (Fsp3) is 0.346. The second kappa shape index (κ2) is 11.9. The minimum atomic E-state index is -4.35. The van der Waals surface area contributed by atoms with Gasteiger partial charge in [0.2, 0.25) is 0 Å². The Morgan fingerprint density at radius 1 is 1.27 bits per heavy atom. The molecule has 1 saturated heterocycles. The van der Waals surface area contributed by atoms with E-state index in [1.165, 1.54) is 12.3 Å². The number of ether oxygens (including phenoxy) is 2. The largest absolute Gasteiger partial charge is 0.462 e. The monoisotopic (exact) mass is 574 g/mol. The average Bonchev–Trinajstić information content (AvgIpc) is 3.16. The number of benzene rings is 2. The predicted molar refractivity (Wildman–Crippen MR) is 145 cm³/mol. The van der Waals surface area contributed by atoms with Crippen molar-refractivity contribution in [2.75, 3.05) is 18.9 Å². The van der Waals surface area contributed by atoms with Gasteiger partial charge < -0.3 is 29.9 Å². The number of carbonyl (C=O) groups is 1. The number of fused-ring (bicyclic) bond motifs is 1. The van der Waals surface area contributed by atoms with E-state index in [-0.39, 0.29) is 11.6 Å². The first kappa shape index (κ1) is 29.4. The second-order valence-corrected chi connectivity index (χ2v) is 11.1. The molecule has 2 heterocycles. The van der Waals surface area contributed by atoms with Crippen molar-refractivity contribution in [2.24, 2.45) is 0 Å². The molecule has 5 atom stereocenters. The van der Waals surface area contributed by atoms with Crippen LogP contribution in [0.15, 0.2) is 72.2 Å². The topological polar surface area (TPSA) is 184 Å². The van der Waals surface area contributed by atoms with E-state index in [0.717, 1.165) is 21.4 Å². The molecule has 1 unspecified atom stereocenters. The first-order chi connectivity index (χ1) is 18.9. The summed E-state index contributed by atoms with van der Waals surface area (Å²) in [6.45, 7) is 5.82. The molecular weight excluding hydrogens is 543 g/mol. The summed E-state index contributed by atoms with van der Waals surface area (Å²) in [5.41, 5.74) is 2.87. The van der Waals surface area contributed by atoms with Gasteiger partial charge in [0.15, 0.2) is 6.23 Å². The minimum Gasteiger partial charge on any atom is -0.462 e. The molecule has 0 bridgehead atoms. The molecule has 5 N–H and O–H groups in total. The lowest BCUT2D eigenvalue weighted by atomic mass is 9.96. The molecule has 0 amide bonds. The molecule has 14 heteroatoms. The smallest absolute Gasteiger partial charge is 0.459 e. The van der Waals surface area contributed by atoms with Gasteiger partial charge in [0.25, 0.3) is 0 Å². The molecule has 1 aliphatic rings. The molecule has 2 aromatic carbocycles. The van der Waals surface area contributed by atoms with Gasteiger partial charge in [0.05, 0.1) is 12.7 Å². The van der Waals surface area contributed by atoms with Gasteiger partial charge in [-0.2, -0.15) is 4.98 Å². The molecule has 1 aliphatic heterocycles. The highest BCUT2D eigenvalue weighted by atomic mass is 31.2. The van der Waals surface area contributed by atoms with Crippen molar-refractivity contribution >= 4 is 30.3 Å². The maximum absolute atomic E-state index is 13.9. The molecule has 214 valence electrons. The van der Waals surface area contributed by atoms with Crippen LogP contribution in [0.25, 0.3) is 10.8 Å². The Hall–Kier alpha value is -3.58. The van der Waals surface area contributed by atoms with Gasteiger partial charge in [-0.15, -0.1) is 6.58 Å². The normalized spacial score (nSPS) is 24.1. The fourth-order valence-corrected chi connectivity index (χ4v) is 5.41. The summed E-state index contributed by atoms with van der Waals surface area (Å²) in [6.07, 6.45) is -2.69. The zero-order valence-corrected chi connectivity index (χ0v) is 22.8. The van der Waals surface area contributed by atoms with E-state index in [0.29, 0.717) is 0 Å². The molecule has 3 aromatic rings. The number of aliphatic hydroxyl groups excluding tert-OH is 2. The van der Waals surface area contributed by atoms with Gasteiger partial charge >= 0.3 is 19.4 Å². The van der Waals surface area contributed by atoms with Crippen molar-refractivity contribution in [3.8, 4) is 5.75 Å². The van der Waals surface area contributed by atoms with E-state index >= 15 is 0 Å². The van der Waals surface area contributed by atoms with Crippen molar-refractivity contribution in [2.45, 2.75) is 44.0 Å². The van der Waals surface area contributed by atoms with Crippen molar-refractivity contribution in [1.29, 1.82) is 0 Å². The SMILES string of the molecule is C=C[C@]1(COP(=O)(NCC(=O)OC(C)C)Oc2ccc3ccccc3c2)O[C@@H](n2ccc(N)nc2=O)[C@H](O)[C@@H]1O. The summed E-state index contributed by atoms with van der Waals surface area (Å²) in [6, 6.07) is 13.7. The number of esters is 1. The number of rotatable bonds is 11. The van der Waals surface area contributed by atoms with Crippen LogP contribution in [0.5, 0.6) is 5.75 Å². The van der Waals surface area contributed by atoms with E-state index in [2.05, 4.69) is 16.7 Å². The molecule has 1 aromatic heterocycles. The summed E-state index contributed by atoms with van der Waals surface area (Å²) in [5, 5.41) is 25.8. The number of nitrogens with two attached hydrogens (primary N) is 1. The standard InChI is InChI=1S/C26H31N4O9P/c1-4-26(23(33)22(32)24(38-26)30-12-11-20(27)29-25(30)34)15-36-40(35,28-14-21(31)37-16(2)3)39-19-10-9-17-7-5-6-8-18(17)13-19/h4-13,16,22-24,32-33H,1,14-15H2,2-3H3,(H,28,35)(H2,27,29,34)/t22-,23+,24-,26-,40?/m1/s1. The maximum atomic E-state index is 13.9. The van der Waals surface area contributed by atoms with E-state index < -0.39 is 62.7 Å². The van der Waals surface area contributed by atoms with Crippen LogP contribution in [0.4, 0.5) is 5.82 Å².